The maximum atomic E-state index is 13.4. The molecule has 1 aromatic carbocycles. The molecule has 2 rings (SSSR count). The third-order valence-electron chi connectivity index (χ3n) is 3.45. The summed E-state index contributed by atoms with van der Waals surface area (Å²) in [6.45, 7) is 7.57. The van der Waals surface area contributed by atoms with Crippen molar-refractivity contribution in [2.75, 3.05) is 6.54 Å². The highest BCUT2D eigenvalue weighted by molar-refractivity contribution is 9.10. The first-order valence-corrected chi connectivity index (χ1v) is 7.27. The van der Waals surface area contributed by atoms with Gasteiger partial charge in [0, 0.05) is 16.6 Å². The first-order valence-electron chi connectivity index (χ1n) is 6.48. The van der Waals surface area contributed by atoms with E-state index in [1.807, 2.05) is 6.07 Å². The topological polar surface area (TPSA) is 12.0 Å². The summed E-state index contributed by atoms with van der Waals surface area (Å²) < 4.78 is 14.2. The first kappa shape index (κ1) is 14.0. The Kier molecular flexibility index (Phi) is 3.84. The van der Waals surface area contributed by atoms with Crippen molar-refractivity contribution in [2.24, 2.45) is 5.41 Å². The lowest BCUT2D eigenvalue weighted by atomic mass is 9.95. The molecule has 1 aliphatic rings. The molecule has 0 amide bonds. The van der Waals surface area contributed by atoms with E-state index >= 15 is 0 Å². The van der Waals surface area contributed by atoms with Gasteiger partial charge in [0.1, 0.15) is 5.82 Å². The van der Waals surface area contributed by atoms with Gasteiger partial charge in [0.25, 0.3) is 0 Å². The van der Waals surface area contributed by atoms with Crippen LogP contribution in [0, 0.1) is 11.2 Å². The van der Waals surface area contributed by atoms with Crippen LogP contribution in [0.3, 0.4) is 0 Å². The molecule has 1 saturated carbocycles. The molecule has 0 spiro atoms. The van der Waals surface area contributed by atoms with Crippen LogP contribution >= 0.6 is 15.9 Å². The molecule has 0 unspecified atom stereocenters. The monoisotopic (exact) mass is 313 g/mol. The van der Waals surface area contributed by atoms with E-state index in [2.05, 4.69) is 42.0 Å². The average molecular weight is 314 g/mol. The fourth-order valence-corrected chi connectivity index (χ4v) is 2.70. The third kappa shape index (κ3) is 4.06. The fourth-order valence-electron chi connectivity index (χ4n) is 2.19. The van der Waals surface area contributed by atoms with Crippen LogP contribution in [0.15, 0.2) is 22.7 Å². The Hall–Kier alpha value is -0.410. The Labute approximate surface area is 117 Å². The van der Waals surface area contributed by atoms with Gasteiger partial charge in [-0.3, -0.25) is 0 Å². The Morgan fingerprint density at radius 1 is 1.28 bits per heavy atom. The summed E-state index contributed by atoms with van der Waals surface area (Å²) in [5.74, 6) is -0.154. The van der Waals surface area contributed by atoms with Crippen molar-refractivity contribution in [3.8, 4) is 0 Å². The molecule has 0 aromatic heterocycles. The lowest BCUT2D eigenvalue weighted by molar-refractivity contribution is 0.356. The zero-order valence-corrected chi connectivity index (χ0v) is 12.9. The van der Waals surface area contributed by atoms with Gasteiger partial charge in [-0.05, 0) is 69.2 Å². The molecule has 0 bridgehead atoms. The summed E-state index contributed by atoms with van der Waals surface area (Å²) in [6, 6.07) is 5.19. The molecule has 1 N–H and O–H groups in total. The van der Waals surface area contributed by atoms with Crippen LogP contribution in [-0.2, 0) is 6.42 Å². The maximum absolute atomic E-state index is 13.4. The summed E-state index contributed by atoms with van der Waals surface area (Å²) >= 11 is 3.36. The maximum Gasteiger partial charge on any atom is 0.124 e. The molecule has 1 nitrogen and oxygen atoms in total. The molecule has 0 aliphatic heterocycles. The van der Waals surface area contributed by atoms with E-state index < -0.39 is 0 Å². The average Bonchev–Trinajstić information content (AvgIpc) is 2.93. The van der Waals surface area contributed by atoms with Gasteiger partial charge in [-0.1, -0.05) is 15.9 Å². The predicted molar refractivity (Wildman–Crippen MR) is 77.2 cm³/mol. The first-order chi connectivity index (χ1) is 8.28. The molecule has 0 saturated heterocycles. The van der Waals surface area contributed by atoms with E-state index in [9.17, 15) is 4.39 Å². The Balaban J connectivity index is 2.00. The standard InChI is InChI=1S/C15H21BrFN/c1-14(2,3)18-10-15(4-5-15)9-11-6-12(16)8-13(17)7-11/h6-8,18H,4-5,9-10H2,1-3H3. The van der Waals surface area contributed by atoms with E-state index in [-0.39, 0.29) is 11.4 Å². The van der Waals surface area contributed by atoms with Crippen LogP contribution in [0.25, 0.3) is 0 Å². The molecule has 1 fully saturated rings. The summed E-state index contributed by atoms with van der Waals surface area (Å²) in [5, 5.41) is 3.57. The van der Waals surface area contributed by atoms with Crippen molar-refractivity contribution in [1.29, 1.82) is 0 Å². The highest BCUT2D eigenvalue weighted by Gasteiger charge is 2.42. The summed E-state index contributed by atoms with van der Waals surface area (Å²) in [5.41, 5.74) is 1.59. The Morgan fingerprint density at radius 2 is 1.94 bits per heavy atom. The molecule has 0 heterocycles. The Morgan fingerprint density at radius 3 is 2.44 bits per heavy atom. The van der Waals surface area contributed by atoms with Gasteiger partial charge in [0.15, 0.2) is 0 Å². The number of nitrogens with one attached hydrogen (secondary N) is 1. The molecule has 100 valence electrons. The van der Waals surface area contributed by atoms with Crippen LogP contribution in [0.4, 0.5) is 4.39 Å². The van der Waals surface area contributed by atoms with Gasteiger partial charge in [-0.15, -0.1) is 0 Å². The van der Waals surface area contributed by atoms with E-state index in [1.54, 1.807) is 6.07 Å². The van der Waals surface area contributed by atoms with Crippen molar-refractivity contribution in [1.82, 2.24) is 5.32 Å². The Bertz CT molecular complexity index is 412. The van der Waals surface area contributed by atoms with Gasteiger partial charge in [0.05, 0.1) is 0 Å². The van der Waals surface area contributed by atoms with Gasteiger partial charge in [-0.25, -0.2) is 4.39 Å². The minimum Gasteiger partial charge on any atom is -0.312 e. The summed E-state index contributed by atoms with van der Waals surface area (Å²) in [4.78, 5) is 0. The number of rotatable bonds is 4. The second kappa shape index (κ2) is 4.93. The van der Waals surface area contributed by atoms with Crippen molar-refractivity contribution < 1.29 is 4.39 Å². The van der Waals surface area contributed by atoms with Crippen LogP contribution < -0.4 is 5.32 Å². The largest absolute Gasteiger partial charge is 0.312 e. The summed E-state index contributed by atoms with van der Waals surface area (Å²) in [6.07, 6.45) is 3.45. The van der Waals surface area contributed by atoms with E-state index in [0.29, 0.717) is 5.41 Å². The van der Waals surface area contributed by atoms with E-state index in [1.165, 1.54) is 18.9 Å². The smallest absolute Gasteiger partial charge is 0.124 e. The quantitative estimate of drug-likeness (QED) is 0.874. The molecular weight excluding hydrogens is 293 g/mol. The van der Waals surface area contributed by atoms with Gasteiger partial charge in [-0.2, -0.15) is 0 Å². The number of hydrogen-bond donors (Lipinski definition) is 1. The number of hydrogen-bond acceptors (Lipinski definition) is 1. The fraction of sp³-hybridized carbons (Fsp3) is 0.600. The predicted octanol–water partition coefficient (Wildman–Crippen LogP) is 4.30. The second-order valence-electron chi connectivity index (χ2n) is 6.56. The molecule has 18 heavy (non-hydrogen) atoms. The summed E-state index contributed by atoms with van der Waals surface area (Å²) in [7, 11) is 0. The molecule has 0 radical (unpaired) electrons. The second-order valence-corrected chi connectivity index (χ2v) is 7.47. The van der Waals surface area contributed by atoms with Crippen LogP contribution in [0.2, 0.25) is 0 Å². The number of benzene rings is 1. The van der Waals surface area contributed by atoms with E-state index in [4.69, 9.17) is 0 Å². The number of halogens is 2. The van der Waals surface area contributed by atoms with Crippen LogP contribution in [0.5, 0.6) is 0 Å². The molecular formula is C15H21BrFN. The van der Waals surface area contributed by atoms with Crippen LogP contribution in [0.1, 0.15) is 39.2 Å². The van der Waals surface area contributed by atoms with Crippen molar-refractivity contribution in [2.45, 2.75) is 45.6 Å². The van der Waals surface area contributed by atoms with Crippen molar-refractivity contribution in [3.05, 3.63) is 34.1 Å². The molecule has 1 aliphatic carbocycles. The zero-order chi connectivity index (χ0) is 13.4. The van der Waals surface area contributed by atoms with Gasteiger partial charge < -0.3 is 5.32 Å². The van der Waals surface area contributed by atoms with Gasteiger partial charge >= 0.3 is 0 Å². The third-order valence-corrected chi connectivity index (χ3v) is 3.91. The minimum absolute atomic E-state index is 0.151. The molecule has 3 heteroatoms. The van der Waals surface area contributed by atoms with Crippen LogP contribution in [-0.4, -0.2) is 12.1 Å². The minimum atomic E-state index is -0.154. The van der Waals surface area contributed by atoms with Crippen molar-refractivity contribution >= 4 is 15.9 Å². The molecule has 0 atom stereocenters. The van der Waals surface area contributed by atoms with Gasteiger partial charge in [0.2, 0.25) is 0 Å². The normalized spacial score (nSPS) is 17.8. The highest BCUT2D eigenvalue weighted by atomic mass is 79.9. The van der Waals surface area contributed by atoms with E-state index in [0.717, 1.165) is 23.0 Å². The van der Waals surface area contributed by atoms with Crippen molar-refractivity contribution in [3.63, 3.8) is 0 Å². The highest BCUT2D eigenvalue weighted by Crippen LogP contribution is 2.48. The zero-order valence-electron chi connectivity index (χ0n) is 11.3. The molecule has 1 aromatic rings. The SMILES string of the molecule is CC(C)(C)NCC1(Cc2cc(F)cc(Br)c2)CC1. The lowest BCUT2D eigenvalue weighted by Gasteiger charge is -2.25. The lowest BCUT2D eigenvalue weighted by Crippen LogP contribution is -2.40.